The van der Waals surface area contributed by atoms with Crippen LogP contribution in [0.5, 0.6) is 5.75 Å². The van der Waals surface area contributed by atoms with Crippen LogP contribution in [-0.2, 0) is 5.75 Å². The number of nitrogens with zero attached hydrogens (tertiary/aromatic N) is 1. The average Bonchev–Trinajstić information content (AvgIpc) is 2.81. The second kappa shape index (κ2) is 4.53. The van der Waals surface area contributed by atoms with E-state index in [0.29, 0.717) is 0 Å². The van der Waals surface area contributed by atoms with Gasteiger partial charge in [0.1, 0.15) is 5.75 Å². The number of aromatic hydroxyl groups is 1. The molecule has 0 saturated heterocycles. The van der Waals surface area contributed by atoms with Crippen molar-refractivity contribution in [1.82, 2.24) is 4.57 Å². The van der Waals surface area contributed by atoms with Crippen molar-refractivity contribution in [2.45, 2.75) is 25.5 Å². The van der Waals surface area contributed by atoms with Crippen LogP contribution in [0.15, 0.2) is 35.3 Å². The number of carbonyl (C=O) groups is 1. The van der Waals surface area contributed by atoms with E-state index in [1.54, 1.807) is 23.6 Å². The summed E-state index contributed by atoms with van der Waals surface area (Å²) in [5.41, 5.74) is 4.25. The summed E-state index contributed by atoms with van der Waals surface area (Å²) in [6.45, 7) is 1.60. The molecule has 0 fully saturated rings. The van der Waals surface area contributed by atoms with E-state index in [-0.39, 0.29) is 11.7 Å². The lowest BCUT2D eigenvalue weighted by Crippen LogP contribution is -2.12. The van der Waals surface area contributed by atoms with Crippen molar-refractivity contribution in [1.29, 1.82) is 0 Å². The topological polar surface area (TPSA) is 42.2 Å². The van der Waals surface area contributed by atoms with Crippen molar-refractivity contribution in [3.05, 3.63) is 46.5 Å². The Balaban J connectivity index is 2.13. The third-order valence-electron chi connectivity index (χ3n) is 4.14. The molecule has 106 valence electrons. The fraction of sp³-hybridized carbons (Fsp3) is 0.235. The summed E-state index contributed by atoms with van der Waals surface area (Å²) in [4.78, 5) is 13.6. The molecule has 2 aromatic rings. The van der Waals surface area contributed by atoms with Crippen molar-refractivity contribution in [3.63, 3.8) is 0 Å². The highest BCUT2D eigenvalue weighted by atomic mass is 32.2. The van der Waals surface area contributed by atoms with Gasteiger partial charge in [-0.3, -0.25) is 9.36 Å². The second-order valence-corrected chi connectivity index (χ2v) is 6.52. The number of thioether (sulfide) groups is 1. The molecule has 2 heterocycles. The van der Waals surface area contributed by atoms with Gasteiger partial charge in [-0.05, 0) is 41.5 Å². The highest BCUT2D eigenvalue weighted by Gasteiger charge is 2.28. The predicted molar refractivity (Wildman–Crippen MR) is 86.5 cm³/mol. The van der Waals surface area contributed by atoms with Crippen LogP contribution in [0.25, 0.3) is 16.5 Å². The maximum atomic E-state index is 12.2. The first-order chi connectivity index (χ1) is 10.2. The summed E-state index contributed by atoms with van der Waals surface area (Å²) >= 11 is 1.86. The smallest absolute Gasteiger partial charge is 0.228 e. The number of phenols is 1. The molecule has 4 heteroatoms. The number of fused-ring (bicyclic) bond motifs is 4. The van der Waals surface area contributed by atoms with Crippen LogP contribution in [0.1, 0.15) is 35.8 Å². The molecule has 1 aromatic heterocycles. The molecule has 1 aliphatic heterocycles. The Morgan fingerprint density at radius 3 is 3.05 bits per heavy atom. The quantitative estimate of drug-likeness (QED) is 0.787. The molecule has 0 atom stereocenters. The van der Waals surface area contributed by atoms with E-state index in [9.17, 15) is 9.90 Å². The molecule has 1 aromatic carbocycles. The zero-order valence-corrected chi connectivity index (χ0v) is 12.5. The molecule has 1 N–H and O–H groups in total. The molecular weight excluding hydrogens is 282 g/mol. The van der Waals surface area contributed by atoms with E-state index >= 15 is 0 Å². The molecular formula is C17H15NO2S. The Kier molecular flexibility index (Phi) is 2.76. The largest absolute Gasteiger partial charge is 0.508 e. The minimum atomic E-state index is 0.0182. The molecule has 2 aliphatic rings. The zero-order valence-electron chi connectivity index (χ0n) is 11.7. The van der Waals surface area contributed by atoms with Gasteiger partial charge in [0.2, 0.25) is 5.91 Å². The molecule has 1 aliphatic carbocycles. The minimum Gasteiger partial charge on any atom is -0.508 e. The first-order valence-corrected chi connectivity index (χ1v) is 8.05. The molecule has 21 heavy (non-hydrogen) atoms. The van der Waals surface area contributed by atoms with Crippen LogP contribution in [0.2, 0.25) is 0 Å². The van der Waals surface area contributed by atoms with E-state index in [0.717, 1.165) is 40.8 Å². The van der Waals surface area contributed by atoms with Crippen LogP contribution in [0, 0.1) is 0 Å². The molecule has 0 amide bonds. The Morgan fingerprint density at radius 2 is 2.24 bits per heavy atom. The monoisotopic (exact) mass is 297 g/mol. The van der Waals surface area contributed by atoms with E-state index in [4.69, 9.17) is 0 Å². The normalized spacial score (nSPS) is 17.0. The predicted octanol–water partition coefficient (Wildman–Crippen LogP) is 4.31. The number of allylic oxidation sites excluding steroid dienone is 4. The third kappa shape index (κ3) is 1.79. The lowest BCUT2D eigenvalue weighted by Gasteiger charge is -2.22. The molecule has 3 nitrogen and oxygen atoms in total. The van der Waals surface area contributed by atoms with Gasteiger partial charge in [0, 0.05) is 23.6 Å². The van der Waals surface area contributed by atoms with Gasteiger partial charge in [-0.2, -0.15) is 0 Å². The molecule has 0 bridgehead atoms. The summed E-state index contributed by atoms with van der Waals surface area (Å²) in [5, 5.41) is 10.8. The fourth-order valence-electron chi connectivity index (χ4n) is 3.26. The van der Waals surface area contributed by atoms with Gasteiger partial charge in [0.25, 0.3) is 0 Å². The zero-order chi connectivity index (χ0) is 14.6. The highest BCUT2D eigenvalue weighted by molar-refractivity contribution is 8.02. The van der Waals surface area contributed by atoms with Gasteiger partial charge in [0.15, 0.2) is 0 Å². The lowest BCUT2D eigenvalue weighted by molar-refractivity contribution is 0.0940. The van der Waals surface area contributed by atoms with Crippen molar-refractivity contribution in [2.75, 3.05) is 0 Å². The SMILES string of the molecule is CC(=O)n1c2c(c3cc(O)ccc31)CSC1=C2C=CCC1. The number of aromatic nitrogens is 1. The number of rotatable bonds is 0. The fourth-order valence-corrected chi connectivity index (χ4v) is 4.46. The Labute approximate surface area is 127 Å². The van der Waals surface area contributed by atoms with Crippen molar-refractivity contribution in [3.8, 4) is 5.75 Å². The maximum absolute atomic E-state index is 12.2. The number of hydrogen-bond acceptors (Lipinski definition) is 3. The summed E-state index contributed by atoms with van der Waals surface area (Å²) in [6, 6.07) is 5.25. The van der Waals surface area contributed by atoms with Gasteiger partial charge >= 0.3 is 0 Å². The van der Waals surface area contributed by atoms with Crippen LogP contribution in [-0.4, -0.2) is 15.6 Å². The van der Waals surface area contributed by atoms with Crippen molar-refractivity contribution >= 4 is 34.1 Å². The number of carbonyl (C=O) groups excluding carboxylic acids is 1. The number of phenolic OH excluding ortho intramolecular Hbond substituents is 1. The summed E-state index contributed by atoms with van der Waals surface area (Å²) in [5.74, 6) is 1.13. The van der Waals surface area contributed by atoms with E-state index in [1.807, 2.05) is 17.8 Å². The number of benzene rings is 1. The standard InChI is InChI=1S/C17H15NO2S/c1-10(19)18-15-7-6-11(20)8-13(15)14-9-21-16-5-3-2-4-12(16)17(14)18/h2,4,6-8,20H,3,5,9H2,1H3. The van der Waals surface area contributed by atoms with Gasteiger partial charge in [-0.25, -0.2) is 0 Å². The molecule has 0 spiro atoms. The van der Waals surface area contributed by atoms with Crippen molar-refractivity contribution in [2.24, 2.45) is 0 Å². The summed E-state index contributed by atoms with van der Waals surface area (Å²) < 4.78 is 1.80. The van der Waals surface area contributed by atoms with Crippen LogP contribution >= 0.6 is 11.8 Å². The molecule has 0 unspecified atom stereocenters. The van der Waals surface area contributed by atoms with Crippen molar-refractivity contribution < 1.29 is 9.90 Å². The van der Waals surface area contributed by atoms with Crippen LogP contribution < -0.4 is 0 Å². The lowest BCUT2D eigenvalue weighted by atomic mass is 10.00. The van der Waals surface area contributed by atoms with E-state index < -0.39 is 0 Å². The Morgan fingerprint density at radius 1 is 1.38 bits per heavy atom. The summed E-state index contributed by atoms with van der Waals surface area (Å²) in [6.07, 6.45) is 6.44. The number of hydrogen-bond donors (Lipinski definition) is 1. The van der Waals surface area contributed by atoms with Gasteiger partial charge in [0.05, 0.1) is 11.2 Å². The summed E-state index contributed by atoms with van der Waals surface area (Å²) in [7, 11) is 0. The first-order valence-electron chi connectivity index (χ1n) is 7.07. The average molecular weight is 297 g/mol. The van der Waals surface area contributed by atoms with Gasteiger partial charge in [-0.1, -0.05) is 12.2 Å². The molecule has 4 rings (SSSR count). The minimum absolute atomic E-state index is 0.0182. The maximum Gasteiger partial charge on any atom is 0.228 e. The first kappa shape index (κ1) is 12.8. The Bertz CT molecular complexity index is 842. The van der Waals surface area contributed by atoms with Gasteiger partial charge < -0.3 is 5.11 Å². The molecule has 0 saturated carbocycles. The Hall–Kier alpha value is -1.94. The van der Waals surface area contributed by atoms with E-state index in [1.165, 1.54) is 10.5 Å². The van der Waals surface area contributed by atoms with Crippen LogP contribution in [0.4, 0.5) is 0 Å². The van der Waals surface area contributed by atoms with Crippen LogP contribution in [0.3, 0.4) is 0 Å². The van der Waals surface area contributed by atoms with Gasteiger partial charge in [-0.15, -0.1) is 11.8 Å². The molecule has 0 radical (unpaired) electrons. The highest BCUT2D eigenvalue weighted by Crippen LogP contribution is 2.46. The third-order valence-corrected chi connectivity index (χ3v) is 5.34. The second-order valence-electron chi connectivity index (χ2n) is 5.45. The van der Waals surface area contributed by atoms with E-state index in [2.05, 4.69) is 12.2 Å².